The van der Waals surface area contributed by atoms with E-state index in [-0.39, 0.29) is 5.92 Å². The largest absolute Gasteiger partial charge is 0.350 e. The van der Waals surface area contributed by atoms with Crippen LogP contribution in [0.2, 0.25) is 0 Å². The highest BCUT2D eigenvalue weighted by Crippen LogP contribution is 1.95. The second kappa shape index (κ2) is 6.92. The SMILES string of the molecule is CC(C)CNC(=O)NN(CC(C)C)C(N)=O. The molecule has 0 unspecified atom stereocenters. The summed E-state index contributed by atoms with van der Waals surface area (Å²) in [5.41, 5.74) is 7.55. The lowest BCUT2D eigenvalue weighted by molar-refractivity contribution is 0.166. The number of carbonyl (C=O) groups excluding carboxylic acids is 2. The lowest BCUT2D eigenvalue weighted by Crippen LogP contribution is -2.53. The van der Waals surface area contributed by atoms with Crippen molar-refractivity contribution in [2.24, 2.45) is 17.6 Å². The average molecular weight is 230 g/mol. The summed E-state index contributed by atoms with van der Waals surface area (Å²) in [6.45, 7) is 8.79. The minimum absolute atomic E-state index is 0.234. The number of hydrogen-bond donors (Lipinski definition) is 3. The first-order chi connectivity index (χ1) is 7.32. The number of nitrogens with zero attached hydrogens (tertiary/aromatic N) is 1. The quantitative estimate of drug-likeness (QED) is 0.626. The second-order valence-corrected chi connectivity index (χ2v) is 4.56. The second-order valence-electron chi connectivity index (χ2n) is 4.56. The maximum atomic E-state index is 11.4. The van der Waals surface area contributed by atoms with E-state index in [0.29, 0.717) is 19.0 Å². The number of urea groups is 2. The molecular formula is C10H22N4O2. The molecule has 0 aliphatic heterocycles. The van der Waals surface area contributed by atoms with Crippen LogP contribution in [0.4, 0.5) is 9.59 Å². The van der Waals surface area contributed by atoms with Crippen LogP contribution in [0, 0.1) is 11.8 Å². The third kappa shape index (κ3) is 6.92. The molecule has 0 heterocycles. The molecule has 0 spiro atoms. The minimum atomic E-state index is -0.659. The van der Waals surface area contributed by atoms with Gasteiger partial charge >= 0.3 is 12.1 Å². The van der Waals surface area contributed by atoms with E-state index in [2.05, 4.69) is 10.7 Å². The number of hydrazine groups is 1. The van der Waals surface area contributed by atoms with Gasteiger partial charge in [-0.05, 0) is 11.8 Å². The molecule has 0 atom stereocenters. The summed E-state index contributed by atoms with van der Waals surface area (Å²) >= 11 is 0. The predicted molar refractivity (Wildman–Crippen MR) is 62.5 cm³/mol. The fourth-order valence-corrected chi connectivity index (χ4v) is 1.01. The van der Waals surface area contributed by atoms with Gasteiger partial charge in [0.05, 0.1) is 0 Å². The zero-order chi connectivity index (χ0) is 12.7. The van der Waals surface area contributed by atoms with Crippen molar-refractivity contribution in [1.82, 2.24) is 15.8 Å². The molecule has 0 aromatic rings. The molecule has 0 rings (SSSR count). The first-order valence-corrected chi connectivity index (χ1v) is 5.44. The highest BCUT2D eigenvalue weighted by atomic mass is 16.2. The van der Waals surface area contributed by atoms with Crippen molar-refractivity contribution in [2.45, 2.75) is 27.7 Å². The van der Waals surface area contributed by atoms with Gasteiger partial charge in [0.2, 0.25) is 0 Å². The standard InChI is InChI=1S/C10H22N4O2/c1-7(2)5-12-10(16)13-14(9(11)15)6-8(3)4/h7-8H,5-6H2,1-4H3,(H2,11,15)(H2,12,13,16). The Hall–Kier alpha value is -1.46. The normalized spacial score (nSPS) is 10.4. The van der Waals surface area contributed by atoms with E-state index in [1.54, 1.807) is 0 Å². The summed E-state index contributed by atoms with van der Waals surface area (Å²) in [5.74, 6) is 0.593. The number of nitrogens with one attached hydrogen (secondary N) is 2. The van der Waals surface area contributed by atoms with E-state index in [9.17, 15) is 9.59 Å². The van der Waals surface area contributed by atoms with Gasteiger partial charge in [0.25, 0.3) is 0 Å². The Kier molecular flexibility index (Phi) is 6.29. The maximum Gasteiger partial charge on any atom is 0.333 e. The lowest BCUT2D eigenvalue weighted by atomic mass is 10.2. The van der Waals surface area contributed by atoms with Crippen molar-refractivity contribution in [3.05, 3.63) is 0 Å². The molecule has 0 aromatic heterocycles. The van der Waals surface area contributed by atoms with Gasteiger partial charge in [-0.15, -0.1) is 0 Å². The van der Waals surface area contributed by atoms with Crippen LogP contribution in [0.5, 0.6) is 0 Å². The molecule has 0 aliphatic carbocycles. The molecule has 16 heavy (non-hydrogen) atoms. The van der Waals surface area contributed by atoms with Gasteiger partial charge in [0.1, 0.15) is 0 Å². The third-order valence-corrected chi connectivity index (χ3v) is 1.72. The molecule has 4 amide bonds. The van der Waals surface area contributed by atoms with Crippen LogP contribution in [0.3, 0.4) is 0 Å². The summed E-state index contributed by atoms with van der Waals surface area (Å²) in [7, 11) is 0. The zero-order valence-electron chi connectivity index (χ0n) is 10.4. The van der Waals surface area contributed by atoms with E-state index in [1.807, 2.05) is 27.7 Å². The van der Waals surface area contributed by atoms with Crippen LogP contribution in [0.25, 0.3) is 0 Å². The van der Waals surface area contributed by atoms with Gasteiger partial charge in [-0.3, -0.25) is 0 Å². The van der Waals surface area contributed by atoms with E-state index < -0.39 is 12.1 Å². The number of primary amides is 1. The highest BCUT2D eigenvalue weighted by Gasteiger charge is 2.14. The predicted octanol–water partition coefficient (Wildman–Crippen LogP) is 0.893. The average Bonchev–Trinajstić information content (AvgIpc) is 2.12. The Labute approximate surface area is 96.5 Å². The van der Waals surface area contributed by atoms with Crippen molar-refractivity contribution in [3.63, 3.8) is 0 Å². The maximum absolute atomic E-state index is 11.4. The molecule has 0 bridgehead atoms. The molecule has 0 fully saturated rings. The highest BCUT2D eigenvalue weighted by molar-refractivity contribution is 5.79. The smallest absolute Gasteiger partial charge is 0.333 e. The molecule has 0 saturated carbocycles. The van der Waals surface area contributed by atoms with Crippen molar-refractivity contribution in [2.75, 3.05) is 13.1 Å². The summed E-state index contributed by atoms with van der Waals surface area (Å²) in [6.07, 6.45) is 0. The molecule has 4 N–H and O–H groups in total. The van der Waals surface area contributed by atoms with Gasteiger partial charge in [-0.2, -0.15) is 0 Å². The number of amides is 4. The van der Waals surface area contributed by atoms with Crippen molar-refractivity contribution < 1.29 is 9.59 Å². The fourth-order valence-electron chi connectivity index (χ4n) is 1.01. The number of hydrogen-bond acceptors (Lipinski definition) is 2. The van der Waals surface area contributed by atoms with Crippen LogP contribution in [-0.4, -0.2) is 30.2 Å². The summed E-state index contributed by atoms with van der Waals surface area (Å²) < 4.78 is 0. The molecular weight excluding hydrogens is 208 g/mol. The van der Waals surface area contributed by atoms with Crippen molar-refractivity contribution >= 4 is 12.1 Å². The number of rotatable bonds is 4. The van der Waals surface area contributed by atoms with Gasteiger partial charge in [-0.25, -0.2) is 20.0 Å². The van der Waals surface area contributed by atoms with Crippen molar-refractivity contribution in [1.29, 1.82) is 0 Å². The third-order valence-electron chi connectivity index (χ3n) is 1.72. The molecule has 6 nitrogen and oxygen atoms in total. The van der Waals surface area contributed by atoms with E-state index >= 15 is 0 Å². The van der Waals surface area contributed by atoms with Crippen LogP contribution in [-0.2, 0) is 0 Å². The van der Waals surface area contributed by atoms with Gasteiger partial charge in [0.15, 0.2) is 0 Å². The first-order valence-electron chi connectivity index (χ1n) is 5.44. The summed E-state index contributed by atoms with van der Waals surface area (Å²) in [4.78, 5) is 22.4. The molecule has 94 valence electrons. The molecule has 0 aromatic carbocycles. The van der Waals surface area contributed by atoms with Crippen LogP contribution >= 0.6 is 0 Å². The van der Waals surface area contributed by atoms with Crippen LogP contribution in [0.1, 0.15) is 27.7 Å². The Morgan fingerprint density at radius 2 is 1.75 bits per heavy atom. The lowest BCUT2D eigenvalue weighted by Gasteiger charge is -2.23. The Bertz CT molecular complexity index is 241. The first kappa shape index (κ1) is 14.5. The summed E-state index contributed by atoms with van der Waals surface area (Å²) in [6, 6.07) is -1.07. The van der Waals surface area contributed by atoms with Crippen molar-refractivity contribution in [3.8, 4) is 0 Å². The Morgan fingerprint density at radius 3 is 2.12 bits per heavy atom. The molecule has 0 radical (unpaired) electrons. The van der Waals surface area contributed by atoms with Gasteiger partial charge in [0, 0.05) is 13.1 Å². The van der Waals surface area contributed by atoms with Crippen LogP contribution < -0.4 is 16.5 Å². The van der Waals surface area contributed by atoms with Crippen LogP contribution in [0.15, 0.2) is 0 Å². The van der Waals surface area contributed by atoms with E-state index in [4.69, 9.17) is 5.73 Å². The van der Waals surface area contributed by atoms with Gasteiger partial charge < -0.3 is 11.1 Å². The molecule has 0 aliphatic rings. The Balaban J connectivity index is 4.08. The fraction of sp³-hybridized carbons (Fsp3) is 0.800. The molecule has 0 saturated heterocycles. The zero-order valence-corrected chi connectivity index (χ0v) is 10.4. The van der Waals surface area contributed by atoms with Gasteiger partial charge in [-0.1, -0.05) is 27.7 Å². The summed E-state index contributed by atoms with van der Waals surface area (Å²) in [5, 5.41) is 3.75. The van der Waals surface area contributed by atoms with E-state index in [0.717, 1.165) is 5.01 Å². The van der Waals surface area contributed by atoms with E-state index in [1.165, 1.54) is 0 Å². The topological polar surface area (TPSA) is 87.5 Å². The monoisotopic (exact) mass is 230 g/mol. The Morgan fingerprint density at radius 1 is 1.19 bits per heavy atom. The number of carbonyl (C=O) groups is 2. The number of nitrogens with two attached hydrogens (primary N) is 1. The minimum Gasteiger partial charge on any atom is -0.350 e. The molecule has 6 heteroatoms.